The van der Waals surface area contributed by atoms with E-state index in [1.165, 1.54) is 96.0 Å². The second kappa shape index (κ2) is 12.6. The van der Waals surface area contributed by atoms with Crippen molar-refractivity contribution in [2.75, 3.05) is 0 Å². The van der Waals surface area contributed by atoms with Gasteiger partial charge in [0.15, 0.2) is 0 Å². The lowest BCUT2D eigenvalue weighted by molar-refractivity contribution is -0.131. The highest BCUT2D eigenvalue weighted by molar-refractivity contribution is 5.79. The van der Waals surface area contributed by atoms with E-state index in [0.717, 1.165) is 36.5 Å². The minimum atomic E-state index is -0.822. The summed E-state index contributed by atoms with van der Waals surface area (Å²) in [6.07, 6.45) is 25.5. The van der Waals surface area contributed by atoms with Gasteiger partial charge >= 0.3 is 5.97 Å². The predicted molar refractivity (Wildman–Crippen MR) is 110 cm³/mol. The average Bonchev–Trinajstić information content (AvgIpc) is 2.65. The SMILES string of the molecule is CCC[C@H]1CC[C@H](CC[C@H]2CC[C@H](CCCC/C=C/C(=O)O)CC2)CC1. The molecule has 0 atom stereocenters. The Kier molecular flexibility index (Phi) is 10.4. The number of carbonyl (C=O) groups is 1. The third-order valence-electron chi connectivity index (χ3n) is 7.11. The van der Waals surface area contributed by atoms with Crippen LogP contribution in [0.1, 0.15) is 110 Å². The molecule has 2 nitrogen and oxygen atoms in total. The highest BCUT2D eigenvalue weighted by atomic mass is 16.4. The molecule has 0 aromatic carbocycles. The maximum atomic E-state index is 10.4. The van der Waals surface area contributed by atoms with Crippen LogP contribution in [0.4, 0.5) is 0 Å². The van der Waals surface area contributed by atoms with Crippen molar-refractivity contribution in [1.29, 1.82) is 0 Å². The quantitative estimate of drug-likeness (QED) is 0.307. The van der Waals surface area contributed by atoms with Gasteiger partial charge in [0.05, 0.1) is 0 Å². The molecule has 0 heterocycles. The molecular weight excluding hydrogens is 320 g/mol. The molecule has 150 valence electrons. The summed E-state index contributed by atoms with van der Waals surface area (Å²) in [5.74, 6) is 3.22. The zero-order valence-corrected chi connectivity index (χ0v) is 17.1. The van der Waals surface area contributed by atoms with Crippen molar-refractivity contribution in [3.05, 3.63) is 12.2 Å². The summed E-state index contributed by atoms with van der Waals surface area (Å²) in [4.78, 5) is 10.4. The van der Waals surface area contributed by atoms with Gasteiger partial charge in [0.25, 0.3) is 0 Å². The fourth-order valence-corrected chi connectivity index (χ4v) is 5.38. The van der Waals surface area contributed by atoms with Crippen molar-refractivity contribution >= 4 is 5.97 Å². The van der Waals surface area contributed by atoms with Crippen LogP contribution in [0.25, 0.3) is 0 Å². The van der Waals surface area contributed by atoms with Crippen molar-refractivity contribution in [2.45, 2.75) is 110 Å². The summed E-state index contributed by atoms with van der Waals surface area (Å²) < 4.78 is 0. The normalized spacial score (nSPS) is 29.9. The monoisotopic (exact) mass is 362 g/mol. The van der Waals surface area contributed by atoms with Gasteiger partial charge in [-0.2, -0.15) is 0 Å². The summed E-state index contributed by atoms with van der Waals surface area (Å²) >= 11 is 0. The Bertz CT molecular complexity index is 398. The number of hydrogen-bond donors (Lipinski definition) is 1. The van der Waals surface area contributed by atoms with Gasteiger partial charge in [0.1, 0.15) is 0 Å². The molecule has 26 heavy (non-hydrogen) atoms. The lowest BCUT2D eigenvalue weighted by Gasteiger charge is -2.32. The van der Waals surface area contributed by atoms with Crippen LogP contribution in [0.5, 0.6) is 0 Å². The zero-order chi connectivity index (χ0) is 18.6. The molecule has 0 saturated heterocycles. The number of carboxylic acids is 1. The van der Waals surface area contributed by atoms with E-state index in [0.29, 0.717) is 0 Å². The van der Waals surface area contributed by atoms with E-state index in [9.17, 15) is 4.79 Å². The maximum Gasteiger partial charge on any atom is 0.327 e. The van der Waals surface area contributed by atoms with E-state index >= 15 is 0 Å². The number of carboxylic acid groups (broad SMARTS) is 1. The van der Waals surface area contributed by atoms with E-state index in [1.807, 2.05) is 0 Å². The van der Waals surface area contributed by atoms with E-state index in [1.54, 1.807) is 6.08 Å². The minimum absolute atomic E-state index is 0.822. The molecule has 1 N–H and O–H groups in total. The van der Waals surface area contributed by atoms with Crippen molar-refractivity contribution < 1.29 is 9.90 Å². The second-order valence-corrected chi connectivity index (χ2v) is 9.16. The molecular formula is C24H42O2. The van der Waals surface area contributed by atoms with Gasteiger partial charge in [-0.3, -0.25) is 0 Å². The zero-order valence-electron chi connectivity index (χ0n) is 17.1. The van der Waals surface area contributed by atoms with Gasteiger partial charge in [-0.05, 0) is 36.5 Å². The Morgan fingerprint density at radius 1 is 0.769 bits per heavy atom. The molecule has 2 rings (SSSR count). The summed E-state index contributed by atoms with van der Waals surface area (Å²) in [7, 11) is 0. The fraction of sp³-hybridized carbons (Fsp3) is 0.875. The number of hydrogen-bond acceptors (Lipinski definition) is 1. The molecule has 2 aliphatic rings. The molecule has 2 saturated carbocycles. The molecule has 0 bridgehead atoms. The Hall–Kier alpha value is -0.790. The summed E-state index contributed by atoms with van der Waals surface area (Å²) in [6, 6.07) is 0. The van der Waals surface area contributed by atoms with Crippen LogP contribution in [-0.4, -0.2) is 11.1 Å². The van der Waals surface area contributed by atoms with Crippen molar-refractivity contribution in [1.82, 2.24) is 0 Å². The van der Waals surface area contributed by atoms with E-state index in [2.05, 4.69) is 6.92 Å². The van der Waals surface area contributed by atoms with Crippen LogP contribution in [0.15, 0.2) is 12.2 Å². The Morgan fingerprint density at radius 2 is 1.23 bits per heavy atom. The van der Waals surface area contributed by atoms with Crippen LogP contribution in [0.2, 0.25) is 0 Å². The molecule has 2 fully saturated rings. The second-order valence-electron chi connectivity index (χ2n) is 9.16. The van der Waals surface area contributed by atoms with Crippen LogP contribution in [-0.2, 0) is 4.79 Å². The van der Waals surface area contributed by atoms with Gasteiger partial charge in [-0.15, -0.1) is 0 Å². The van der Waals surface area contributed by atoms with Gasteiger partial charge < -0.3 is 5.11 Å². The number of aliphatic carboxylic acids is 1. The first-order valence-electron chi connectivity index (χ1n) is 11.6. The summed E-state index contributed by atoms with van der Waals surface area (Å²) in [5, 5.41) is 8.57. The lowest BCUT2D eigenvalue weighted by atomic mass is 9.74. The topological polar surface area (TPSA) is 37.3 Å². The molecule has 0 aliphatic heterocycles. The van der Waals surface area contributed by atoms with Crippen molar-refractivity contribution in [3.63, 3.8) is 0 Å². The highest BCUT2D eigenvalue weighted by Crippen LogP contribution is 2.38. The molecule has 0 aromatic rings. The van der Waals surface area contributed by atoms with Crippen LogP contribution in [0, 0.1) is 23.7 Å². The van der Waals surface area contributed by atoms with E-state index < -0.39 is 5.97 Å². The summed E-state index contributed by atoms with van der Waals surface area (Å²) in [5.41, 5.74) is 0. The van der Waals surface area contributed by atoms with Crippen LogP contribution < -0.4 is 0 Å². The number of unbranched alkanes of at least 4 members (excludes halogenated alkanes) is 2. The number of rotatable bonds is 11. The molecule has 0 radical (unpaired) electrons. The standard InChI is InChI=1S/C24H42O2/c1-2-7-20-10-14-22(15-11-20)18-19-23-16-12-21(13-17-23)8-5-3-4-6-9-24(25)26/h6,9,20-23H,2-5,7-8,10-19H2,1H3,(H,25,26)/b9-6+/t20-,21-,22-,23-. The largest absolute Gasteiger partial charge is 0.478 e. The predicted octanol–water partition coefficient (Wildman–Crippen LogP) is 7.38. The molecule has 0 spiro atoms. The van der Waals surface area contributed by atoms with Gasteiger partial charge in [0, 0.05) is 6.08 Å². The first kappa shape index (κ1) is 21.5. The third-order valence-corrected chi connectivity index (χ3v) is 7.11. The minimum Gasteiger partial charge on any atom is -0.478 e. The molecule has 0 amide bonds. The molecule has 2 heteroatoms. The van der Waals surface area contributed by atoms with Crippen LogP contribution in [0.3, 0.4) is 0 Å². The summed E-state index contributed by atoms with van der Waals surface area (Å²) in [6.45, 7) is 2.33. The smallest absolute Gasteiger partial charge is 0.327 e. The average molecular weight is 363 g/mol. The van der Waals surface area contributed by atoms with Crippen molar-refractivity contribution in [3.8, 4) is 0 Å². The van der Waals surface area contributed by atoms with Crippen molar-refractivity contribution in [2.24, 2.45) is 23.7 Å². The third kappa shape index (κ3) is 8.73. The molecule has 0 unspecified atom stereocenters. The van der Waals surface area contributed by atoms with E-state index in [4.69, 9.17) is 5.11 Å². The van der Waals surface area contributed by atoms with Gasteiger partial charge in [-0.1, -0.05) is 103 Å². The van der Waals surface area contributed by atoms with Gasteiger partial charge in [0.2, 0.25) is 0 Å². The Morgan fingerprint density at radius 3 is 1.69 bits per heavy atom. The Labute approximate surface area is 161 Å². The molecule has 0 aromatic heterocycles. The first-order valence-corrected chi connectivity index (χ1v) is 11.6. The van der Waals surface area contributed by atoms with Gasteiger partial charge in [-0.25, -0.2) is 4.79 Å². The number of allylic oxidation sites excluding steroid dienone is 1. The maximum absolute atomic E-state index is 10.4. The highest BCUT2D eigenvalue weighted by Gasteiger charge is 2.24. The molecule has 2 aliphatic carbocycles. The first-order chi connectivity index (χ1) is 12.7. The Balaban J connectivity index is 1.48. The van der Waals surface area contributed by atoms with E-state index in [-0.39, 0.29) is 0 Å². The lowest BCUT2D eigenvalue weighted by Crippen LogP contribution is -2.18. The fourth-order valence-electron chi connectivity index (χ4n) is 5.38. The van der Waals surface area contributed by atoms with Crippen LogP contribution >= 0.6 is 0 Å².